The second kappa shape index (κ2) is 15.6. The standard InChI is InChI=1S/C30H44ClN5O5/c1-34(20-22-4-6-23(7-5-22)30(37)41-17-14-35-12-15-40-16-13-35)10-11-36-9-8-26(29(21-36)39-3)33-27-18-24(31)25(32)19-28(27)38-2/h4-7,18-19,26,29,33H,8-17,20-21,32H2,1-3H3/t26-,29+/m1/s1. The van der Waals surface area contributed by atoms with Gasteiger partial charge in [0, 0.05) is 65.5 Å². The normalized spacial score (nSPS) is 20.2. The van der Waals surface area contributed by atoms with E-state index < -0.39 is 0 Å². The van der Waals surface area contributed by atoms with Crippen LogP contribution in [-0.2, 0) is 20.8 Å². The van der Waals surface area contributed by atoms with Gasteiger partial charge in [-0.2, -0.15) is 0 Å². The summed E-state index contributed by atoms with van der Waals surface area (Å²) in [6.07, 6.45) is 0.952. The highest BCUT2D eigenvalue weighted by atomic mass is 35.5. The molecule has 11 heteroatoms. The minimum Gasteiger partial charge on any atom is -0.495 e. The van der Waals surface area contributed by atoms with Gasteiger partial charge in [-0.15, -0.1) is 0 Å². The lowest BCUT2D eigenvalue weighted by Crippen LogP contribution is -2.51. The molecule has 0 bridgehead atoms. The van der Waals surface area contributed by atoms with Crippen molar-refractivity contribution in [3.63, 3.8) is 0 Å². The number of halogens is 1. The Labute approximate surface area is 248 Å². The van der Waals surface area contributed by atoms with Crippen LogP contribution in [0.25, 0.3) is 0 Å². The molecule has 2 fully saturated rings. The van der Waals surface area contributed by atoms with Gasteiger partial charge in [-0.25, -0.2) is 4.79 Å². The number of esters is 1. The summed E-state index contributed by atoms with van der Waals surface area (Å²) in [5.41, 5.74) is 8.98. The Morgan fingerprint density at radius 2 is 1.88 bits per heavy atom. The van der Waals surface area contributed by atoms with Crippen molar-refractivity contribution in [3.8, 4) is 5.75 Å². The molecule has 2 aliphatic heterocycles. The largest absolute Gasteiger partial charge is 0.495 e. The van der Waals surface area contributed by atoms with Crippen LogP contribution in [0.3, 0.4) is 0 Å². The van der Waals surface area contributed by atoms with Gasteiger partial charge in [-0.1, -0.05) is 23.7 Å². The molecular formula is C30H44ClN5O5. The lowest BCUT2D eigenvalue weighted by Gasteiger charge is -2.39. The van der Waals surface area contributed by atoms with Crippen LogP contribution in [0, 0.1) is 0 Å². The fourth-order valence-electron chi connectivity index (χ4n) is 5.26. The number of carbonyl (C=O) groups excluding carboxylic acids is 1. The summed E-state index contributed by atoms with van der Waals surface area (Å²) in [7, 11) is 5.50. The lowest BCUT2D eigenvalue weighted by atomic mass is 10.0. The number of methoxy groups -OCH3 is 2. The minimum absolute atomic E-state index is 0.0243. The zero-order chi connectivity index (χ0) is 29.2. The van der Waals surface area contributed by atoms with Crippen LogP contribution >= 0.6 is 11.6 Å². The summed E-state index contributed by atoms with van der Waals surface area (Å²) < 4.78 is 22.2. The molecule has 3 N–H and O–H groups in total. The number of ether oxygens (including phenoxy) is 4. The van der Waals surface area contributed by atoms with Crippen LogP contribution < -0.4 is 15.8 Å². The summed E-state index contributed by atoms with van der Waals surface area (Å²) >= 11 is 6.26. The lowest BCUT2D eigenvalue weighted by molar-refractivity contribution is 0.0194. The highest BCUT2D eigenvalue weighted by Gasteiger charge is 2.30. The summed E-state index contributed by atoms with van der Waals surface area (Å²) in [5, 5.41) is 4.06. The molecule has 2 aliphatic rings. The fraction of sp³-hybridized carbons (Fsp3) is 0.567. The topological polar surface area (TPSA) is 102 Å². The Morgan fingerprint density at radius 1 is 1.12 bits per heavy atom. The molecule has 0 spiro atoms. The first-order valence-electron chi connectivity index (χ1n) is 14.3. The van der Waals surface area contributed by atoms with E-state index in [1.165, 1.54) is 0 Å². The van der Waals surface area contributed by atoms with E-state index in [1.807, 2.05) is 30.3 Å². The summed E-state index contributed by atoms with van der Waals surface area (Å²) in [6, 6.07) is 11.4. The van der Waals surface area contributed by atoms with Gasteiger partial charge in [0.05, 0.1) is 54.4 Å². The van der Waals surface area contributed by atoms with E-state index in [1.54, 1.807) is 20.3 Å². The number of nitrogens with two attached hydrogens (primary N) is 1. The second-order valence-electron chi connectivity index (χ2n) is 10.7. The predicted molar refractivity (Wildman–Crippen MR) is 162 cm³/mol. The monoisotopic (exact) mass is 589 g/mol. The van der Waals surface area contributed by atoms with Gasteiger partial charge in [0.15, 0.2) is 0 Å². The molecule has 0 unspecified atom stereocenters. The van der Waals surface area contributed by atoms with Crippen molar-refractivity contribution in [1.82, 2.24) is 14.7 Å². The molecule has 0 amide bonds. The SMILES string of the molecule is COc1cc(N)c(Cl)cc1N[C@@H]1CCN(CCN(C)Cc2ccc(C(=O)OCCN3CCOCC3)cc2)C[C@@H]1OC. The van der Waals surface area contributed by atoms with E-state index in [0.717, 1.165) is 83.2 Å². The van der Waals surface area contributed by atoms with Gasteiger partial charge in [0.1, 0.15) is 12.4 Å². The second-order valence-corrected chi connectivity index (χ2v) is 11.1. The maximum absolute atomic E-state index is 12.4. The molecule has 2 aromatic carbocycles. The number of piperidine rings is 1. The zero-order valence-electron chi connectivity index (χ0n) is 24.4. The van der Waals surface area contributed by atoms with Gasteiger partial charge in [0.2, 0.25) is 0 Å². The third-order valence-corrected chi connectivity index (χ3v) is 8.12. The smallest absolute Gasteiger partial charge is 0.338 e. The average Bonchev–Trinajstić information content (AvgIpc) is 2.99. The number of morpholine rings is 1. The molecule has 2 saturated heterocycles. The van der Waals surface area contributed by atoms with Crippen LogP contribution in [0.5, 0.6) is 5.75 Å². The molecule has 0 aliphatic carbocycles. The maximum atomic E-state index is 12.4. The third kappa shape index (κ3) is 9.19. The number of hydrogen-bond donors (Lipinski definition) is 2. The first-order valence-corrected chi connectivity index (χ1v) is 14.6. The summed E-state index contributed by atoms with van der Waals surface area (Å²) in [5.74, 6) is 0.390. The predicted octanol–water partition coefficient (Wildman–Crippen LogP) is 3.05. The Kier molecular flexibility index (Phi) is 11.9. The summed E-state index contributed by atoms with van der Waals surface area (Å²) in [6.45, 7) is 8.83. The maximum Gasteiger partial charge on any atom is 0.338 e. The highest BCUT2D eigenvalue weighted by Crippen LogP contribution is 2.34. The third-order valence-electron chi connectivity index (χ3n) is 7.79. The van der Waals surface area contributed by atoms with Gasteiger partial charge in [-0.3, -0.25) is 9.80 Å². The minimum atomic E-state index is -0.276. The first-order chi connectivity index (χ1) is 19.9. The van der Waals surface area contributed by atoms with Crippen molar-refractivity contribution >= 4 is 28.9 Å². The van der Waals surface area contributed by atoms with Gasteiger partial charge < -0.3 is 34.9 Å². The fourth-order valence-corrected chi connectivity index (χ4v) is 5.43. The Bertz CT molecular complexity index is 1120. The van der Waals surface area contributed by atoms with Crippen molar-refractivity contribution in [2.24, 2.45) is 0 Å². The van der Waals surface area contributed by atoms with E-state index in [0.29, 0.717) is 28.6 Å². The van der Waals surface area contributed by atoms with Crippen LogP contribution in [0.4, 0.5) is 11.4 Å². The van der Waals surface area contributed by atoms with Crippen LogP contribution in [0.2, 0.25) is 5.02 Å². The molecule has 0 saturated carbocycles. The molecule has 226 valence electrons. The molecule has 2 aromatic rings. The number of likely N-dealkylation sites (tertiary alicyclic amines) is 1. The van der Waals surface area contributed by atoms with Gasteiger partial charge >= 0.3 is 5.97 Å². The van der Waals surface area contributed by atoms with E-state index in [2.05, 4.69) is 27.1 Å². The van der Waals surface area contributed by atoms with Crippen LogP contribution in [-0.4, -0.2) is 120 Å². The Balaban J connectivity index is 1.18. The molecule has 0 aromatic heterocycles. The molecule has 2 atom stereocenters. The molecule has 10 nitrogen and oxygen atoms in total. The Morgan fingerprint density at radius 3 is 2.59 bits per heavy atom. The van der Waals surface area contributed by atoms with Crippen molar-refractivity contribution in [1.29, 1.82) is 0 Å². The van der Waals surface area contributed by atoms with Crippen molar-refractivity contribution in [2.45, 2.75) is 25.1 Å². The molecular weight excluding hydrogens is 546 g/mol. The molecule has 4 rings (SSSR count). The number of benzene rings is 2. The molecule has 2 heterocycles. The van der Waals surface area contributed by atoms with E-state index in [-0.39, 0.29) is 18.1 Å². The Hall–Kier alpha value is -2.60. The van der Waals surface area contributed by atoms with E-state index in [4.69, 9.17) is 36.3 Å². The molecule has 0 radical (unpaired) electrons. The van der Waals surface area contributed by atoms with Gasteiger partial charge in [0.25, 0.3) is 0 Å². The number of likely N-dealkylation sites (N-methyl/N-ethyl adjacent to an activating group) is 1. The number of nitrogen functional groups attached to an aromatic ring is 1. The number of hydrogen-bond acceptors (Lipinski definition) is 10. The first kappa shape index (κ1) is 31.3. The van der Waals surface area contributed by atoms with E-state index >= 15 is 0 Å². The zero-order valence-corrected chi connectivity index (χ0v) is 25.2. The van der Waals surface area contributed by atoms with Gasteiger partial charge in [-0.05, 0) is 37.2 Å². The van der Waals surface area contributed by atoms with Crippen LogP contribution in [0.15, 0.2) is 36.4 Å². The number of nitrogens with one attached hydrogen (secondary N) is 1. The quantitative estimate of drug-likeness (QED) is 0.268. The van der Waals surface area contributed by atoms with Crippen molar-refractivity contribution < 1.29 is 23.7 Å². The highest BCUT2D eigenvalue weighted by molar-refractivity contribution is 6.33. The molecule has 41 heavy (non-hydrogen) atoms. The average molecular weight is 590 g/mol. The number of carbonyl (C=O) groups is 1. The number of anilines is 2. The van der Waals surface area contributed by atoms with Crippen molar-refractivity contribution in [3.05, 3.63) is 52.5 Å². The number of nitrogens with zero attached hydrogens (tertiary/aromatic N) is 3. The van der Waals surface area contributed by atoms with E-state index in [9.17, 15) is 4.79 Å². The van der Waals surface area contributed by atoms with Crippen LogP contribution in [0.1, 0.15) is 22.3 Å². The number of rotatable bonds is 13. The summed E-state index contributed by atoms with van der Waals surface area (Å²) in [4.78, 5) is 19.4. The van der Waals surface area contributed by atoms with Crippen molar-refractivity contribution in [2.75, 3.05) is 98.0 Å².